The Kier molecular flexibility index (Phi) is 6.48. The zero-order valence-corrected chi connectivity index (χ0v) is 21.7. The fourth-order valence-electron chi connectivity index (χ4n) is 7.68. The summed E-state index contributed by atoms with van der Waals surface area (Å²) in [6.07, 6.45) is 7.70. The number of hydrogen-bond acceptors (Lipinski definition) is 6. The molecule has 35 heavy (non-hydrogen) atoms. The lowest BCUT2D eigenvalue weighted by Crippen LogP contribution is -2.60. The SMILES string of the molecule is C=C1C[C@@H]2C(=CC[C@@]3(C)[C@H]2C[C@H](C)[C@]3(OC(=O)CC)C(=O)COC(=O)CC)[C@@]2(C)CCC(=O)C=C12. The molecule has 6 nitrogen and oxygen atoms in total. The lowest BCUT2D eigenvalue weighted by Gasteiger charge is -2.55. The summed E-state index contributed by atoms with van der Waals surface area (Å²) in [5, 5.41) is 0. The minimum absolute atomic E-state index is 0.0979. The Hall–Kier alpha value is -2.50. The van der Waals surface area contributed by atoms with Crippen LogP contribution in [0.1, 0.15) is 79.6 Å². The Morgan fingerprint density at radius 3 is 2.49 bits per heavy atom. The standard InChI is InChI=1S/C29H38O6/c1-7-25(32)34-16-24(31)29(35-26(33)8-2)18(4)14-23-20-13-17(3)22-15-19(30)9-11-27(22,5)21(20)10-12-28(23,29)6/h10,15,18,20,23H,3,7-9,11-14,16H2,1-2,4-6H3/t18-,20+,23-,27+,28-,29-/m0/s1. The van der Waals surface area contributed by atoms with Crippen molar-refractivity contribution in [1.82, 2.24) is 0 Å². The van der Waals surface area contributed by atoms with Crippen LogP contribution < -0.4 is 0 Å². The van der Waals surface area contributed by atoms with Crippen molar-refractivity contribution in [1.29, 1.82) is 0 Å². The second-order valence-corrected chi connectivity index (χ2v) is 11.3. The zero-order valence-electron chi connectivity index (χ0n) is 21.7. The van der Waals surface area contributed by atoms with Gasteiger partial charge in [0.15, 0.2) is 18.0 Å². The van der Waals surface area contributed by atoms with Gasteiger partial charge in [-0.3, -0.25) is 19.2 Å². The molecule has 6 atom stereocenters. The maximum absolute atomic E-state index is 13.8. The van der Waals surface area contributed by atoms with Crippen molar-refractivity contribution in [3.8, 4) is 0 Å². The number of esters is 2. The Morgan fingerprint density at radius 2 is 1.83 bits per heavy atom. The second-order valence-electron chi connectivity index (χ2n) is 11.3. The van der Waals surface area contributed by atoms with Crippen LogP contribution in [0.25, 0.3) is 0 Å². The van der Waals surface area contributed by atoms with Crippen LogP contribution in [0.5, 0.6) is 0 Å². The third-order valence-electron chi connectivity index (χ3n) is 9.49. The highest BCUT2D eigenvalue weighted by molar-refractivity contribution is 5.94. The van der Waals surface area contributed by atoms with Crippen molar-refractivity contribution >= 4 is 23.5 Å². The van der Waals surface area contributed by atoms with Gasteiger partial charge in [0, 0.05) is 36.0 Å². The summed E-state index contributed by atoms with van der Waals surface area (Å²) in [4.78, 5) is 50.6. The van der Waals surface area contributed by atoms with Gasteiger partial charge >= 0.3 is 11.9 Å². The highest BCUT2D eigenvalue weighted by Crippen LogP contribution is 2.68. The maximum Gasteiger partial charge on any atom is 0.306 e. The highest BCUT2D eigenvalue weighted by atomic mass is 16.6. The van der Waals surface area contributed by atoms with Crippen molar-refractivity contribution in [2.45, 2.75) is 85.2 Å². The van der Waals surface area contributed by atoms with Gasteiger partial charge in [0.25, 0.3) is 0 Å². The number of allylic oxidation sites excluding steroid dienone is 5. The van der Waals surface area contributed by atoms with Crippen LogP contribution in [0, 0.1) is 28.6 Å². The van der Waals surface area contributed by atoms with Crippen LogP contribution in [0.2, 0.25) is 0 Å². The fraction of sp³-hybridized carbons (Fsp3) is 0.655. The molecule has 0 aromatic rings. The Balaban J connectivity index is 1.79. The van der Waals surface area contributed by atoms with Crippen LogP contribution in [-0.4, -0.2) is 35.7 Å². The van der Waals surface area contributed by atoms with E-state index in [1.54, 1.807) is 19.9 Å². The molecule has 0 amide bonds. The average Bonchev–Trinajstić information content (AvgIpc) is 3.05. The van der Waals surface area contributed by atoms with Crippen LogP contribution in [0.4, 0.5) is 0 Å². The van der Waals surface area contributed by atoms with E-state index in [0.29, 0.717) is 12.8 Å². The summed E-state index contributed by atoms with van der Waals surface area (Å²) >= 11 is 0. The molecule has 0 unspecified atom stereocenters. The molecule has 0 aliphatic heterocycles. The number of Topliss-reactive ketones (excluding diaryl/α,β-unsaturated/α-hetero) is 1. The predicted octanol–water partition coefficient (Wildman–Crippen LogP) is 5.06. The van der Waals surface area contributed by atoms with E-state index in [4.69, 9.17) is 9.47 Å². The first-order valence-electron chi connectivity index (χ1n) is 13.0. The second kappa shape index (κ2) is 8.86. The molecule has 2 saturated carbocycles. The molecule has 4 aliphatic carbocycles. The van der Waals surface area contributed by atoms with Gasteiger partial charge in [-0.05, 0) is 49.2 Å². The summed E-state index contributed by atoms with van der Waals surface area (Å²) in [6, 6.07) is 0. The molecule has 0 saturated heterocycles. The molecule has 0 spiro atoms. The topological polar surface area (TPSA) is 86.7 Å². The zero-order chi connectivity index (χ0) is 25.8. The fourth-order valence-corrected chi connectivity index (χ4v) is 7.68. The molecule has 6 heteroatoms. The van der Waals surface area contributed by atoms with Crippen molar-refractivity contribution in [3.05, 3.63) is 35.5 Å². The van der Waals surface area contributed by atoms with E-state index in [2.05, 4.69) is 26.5 Å². The summed E-state index contributed by atoms with van der Waals surface area (Å²) in [5.41, 5.74) is 1.15. The average molecular weight is 483 g/mol. The summed E-state index contributed by atoms with van der Waals surface area (Å²) in [5.74, 6) is -1.01. The lowest BCUT2D eigenvalue weighted by atomic mass is 9.49. The van der Waals surface area contributed by atoms with Crippen LogP contribution in [0.3, 0.4) is 0 Å². The molecule has 4 rings (SSSR count). The quantitative estimate of drug-likeness (QED) is 0.388. The van der Waals surface area contributed by atoms with Gasteiger partial charge in [-0.2, -0.15) is 0 Å². The third kappa shape index (κ3) is 3.66. The van der Waals surface area contributed by atoms with E-state index in [1.165, 1.54) is 5.57 Å². The third-order valence-corrected chi connectivity index (χ3v) is 9.49. The van der Waals surface area contributed by atoms with Crippen LogP contribution in [-0.2, 0) is 28.7 Å². The lowest BCUT2D eigenvalue weighted by molar-refractivity contribution is -0.191. The van der Waals surface area contributed by atoms with Crippen molar-refractivity contribution in [2.75, 3.05) is 6.61 Å². The van der Waals surface area contributed by atoms with Gasteiger partial charge in [0.2, 0.25) is 5.78 Å². The molecule has 0 aromatic carbocycles. The number of carbonyl (C=O) groups excluding carboxylic acids is 4. The number of rotatable bonds is 6. The van der Waals surface area contributed by atoms with E-state index in [1.807, 2.05) is 6.92 Å². The molecule has 2 fully saturated rings. The largest absolute Gasteiger partial charge is 0.457 e. The van der Waals surface area contributed by atoms with Crippen molar-refractivity contribution < 1.29 is 28.7 Å². The minimum Gasteiger partial charge on any atom is -0.457 e. The summed E-state index contributed by atoms with van der Waals surface area (Å²) < 4.78 is 11.4. The number of carbonyl (C=O) groups is 4. The van der Waals surface area contributed by atoms with Crippen molar-refractivity contribution in [2.24, 2.45) is 28.6 Å². The monoisotopic (exact) mass is 482 g/mol. The summed E-state index contributed by atoms with van der Waals surface area (Å²) in [6.45, 7) is 13.6. The number of ketones is 2. The van der Waals surface area contributed by atoms with Gasteiger partial charge in [-0.25, -0.2) is 0 Å². The molecule has 0 radical (unpaired) electrons. The van der Waals surface area contributed by atoms with Gasteiger partial charge in [0.05, 0.1) is 0 Å². The van der Waals surface area contributed by atoms with Gasteiger partial charge in [0.1, 0.15) is 0 Å². The van der Waals surface area contributed by atoms with E-state index in [0.717, 1.165) is 30.4 Å². The first-order valence-corrected chi connectivity index (χ1v) is 13.0. The van der Waals surface area contributed by atoms with Crippen molar-refractivity contribution in [3.63, 3.8) is 0 Å². The number of fused-ring (bicyclic) bond motifs is 5. The first-order chi connectivity index (χ1) is 16.4. The Morgan fingerprint density at radius 1 is 1.14 bits per heavy atom. The number of hydrogen-bond donors (Lipinski definition) is 0. The van der Waals surface area contributed by atoms with E-state index >= 15 is 0 Å². The smallest absolute Gasteiger partial charge is 0.306 e. The minimum atomic E-state index is -1.36. The van der Waals surface area contributed by atoms with E-state index < -0.39 is 29.6 Å². The van der Waals surface area contributed by atoms with E-state index in [9.17, 15) is 19.2 Å². The Labute approximate surface area is 208 Å². The molecule has 190 valence electrons. The first kappa shape index (κ1) is 25.6. The Bertz CT molecular complexity index is 1050. The van der Waals surface area contributed by atoms with E-state index in [-0.39, 0.29) is 47.6 Å². The predicted molar refractivity (Wildman–Crippen MR) is 131 cm³/mol. The molecule has 4 aliphatic rings. The van der Waals surface area contributed by atoms with Gasteiger partial charge < -0.3 is 9.47 Å². The molecule has 0 heterocycles. The molecule has 0 N–H and O–H groups in total. The van der Waals surface area contributed by atoms with Gasteiger partial charge in [-0.15, -0.1) is 0 Å². The van der Waals surface area contributed by atoms with Crippen LogP contribution in [0.15, 0.2) is 35.5 Å². The normalized spacial score (nSPS) is 37.9. The van der Waals surface area contributed by atoms with Gasteiger partial charge in [-0.1, -0.05) is 58.4 Å². The highest BCUT2D eigenvalue weighted by Gasteiger charge is 2.70. The molecular weight excluding hydrogens is 444 g/mol. The number of ether oxygens (including phenoxy) is 2. The molecule has 0 aromatic heterocycles. The summed E-state index contributed by atoms with van der Waals surface area (Å²) in [7, 11) is 0. The maximum atomic E-state index is 13.8. The van der Waals surface area contributed by atoms with Crippen LogP contribution >= 0.6 is 0 Å². The molecule has 0 bridgehead atoms. The molecular formula is C29H38O6.